The monoisotopic (exact) mass is 242 g/mol. The summed E-state index contributed by atoms with van der Waals surface area (Å²) in [6, 6.07) is 0.0852. The number of hydrogen-bond donors (Lipinski definition) is 2. The summed E-state index contributed by atoms with van der Waals surface area (Å²) in [5.74, 6) is 0.638. The lowest BCUT2D eigenvalue weighted by Crippen LogP contribution is -2.42. The Morgan fingerprint density at radius 3 is 3.06 bits per heavy atom. The highest BCUT2D eigenvalue weighted by Gasteiger charge is 2.25. The van der Waals surface area contributed by atoms with Crippen molar-refractivity contribution >= 4 is 23.1 Å². The van der Waals surface area contributed by atoms with Crippen LogP contribution in [0.5, 0.6) is 0 Å². The fraction of sp³-hybridized carbons (Fsp3) is 0.600. The number of anilines is 2. The molecule has 0 aliphatic carbocycles. The van der Waals surface area contributed by atoms with E-state index in [0.717, 1.165) is 25.8 Å². The number of aliphatic hydroxyl groups is 1. The maximum Gasteiger partial charge on any atom is 0.157 e. The molecule has 2 rings (SSSR count). The number of aliphatic hydroxyl groups excluding tert-OH is 1. The number of aromatic nitrogens is 2. The van der Waals surface area contributed by atoms with Gasteiger partial charge >= 0.3 is 0 Å². The van der Waals surface area contributed by atoms with Gasteiger partial charge in [-0.15, -0.1) is 0 Å². The number of nitrogens with zero attached hydrogens (tertiary/aromatic N) is 3. The summed E-state index contributed by atoms with van der Waals surface area (Å²) in [5, 5.41) is 9.59. The highest BCUT2D eigenvalue weighted by molar-refractivity contribution is 6.32. The fourth-order valence-corrected chi connectivity index (χ4v) is 2.19. The molecule has 88 valence electrons. The van der Waals surface area contributed by atoms with E-state index in [9.17, 15) is 5.11 Å². The van der Waals surface area contributed by atoms with Gasteiger partial charge < -0.3 is 15.7 Å². The number of hydrogen-bond acceptors (Lipinski definition) is 5. The number of piperidine rings is 1. The molecule has 16 heavy (non-hydrogen) atoms. The van der Waals surface area contributed by atoms with Gasteiger partial charge in [-0.1, -0.05) is 11.6 Å². The molecular formula is C10H15ClN4O. The number of rotatable bonds is 2. The SMILES string of the molecule is Nc1c(Cl)ncnc1N1CCCCC1CO. The summed E-state index contributed by atoms with van der Waals surface area (Å²) in [6.07, 6.45) is 4.56. The minimum absolute atomic E-state index is 0.0852. The second kappa shape index (κ2) is 4.84. The van der Waals surface area contributed by atoms with Crippen LogP contribution in [0.2, 0.25) is 5.15 Å². The summed E-state index contributed by atoms with van der Waals surface area (Å²) in [7, 11) is 0. The molecule has 1 aromatic rings. The molecule has 1 aliphatic heterocycles. The van der Waals surface area contributed by atoms with Crippen LogP contribution >= 0.6 is 11.6 Å². The molecule has 6 heteroatoms. The number of nitrogens with two attached hydrogens (primary N) is 1. The highest BCUT2D eigenvalue weighted by atomic mass is 35.5. The van der Waals surface area contributed by atoms with E-state index in [2.05, 4.69) is 9.97 Å². The largest absolute Gasteiger partial charge is 0.394 e. The van der Waals surface area contributed by atoms with Gasteiger partial charge in [0.15, 0.2) is 11.0 Å². The van der Waals surface area contributed by atoms with Crippen LogP contribution in [0.15, 0.2) is 6.33 Å². The van der Waals surface area contributed by atoms with Crippen molar-refractivity contribution in [1.29, 1.82) is 0 Å². The van der Waals surface area contributed by atoms with Crippen LogP contribution in [0.1, 0.15) is 19.3 Å². The third-order valence-corrected chi connectivity index (χ3v) is 3.23. The summed E-state index contributed by atoms with van der Waals surface area (Å²) in [5.41, 5.74) is 6.24. The topological polar surface area (TPSA) is 75.3 Å². The summed E-state index contributed by atoms with van der Waals surface area (Å²) >= 11 is 5.86. The molecule has 5 nitrogen and oxygen atoms in total. The Bertz CT molecular complexity index is 374. The normalized spacial score (nSPS) is 21.1. The van der Waals surface area contributed by atoms with Crippen molar-refractivity contribution in [1.82, 2.24) is 9.97 Å². The Morgan fingerprint density at radius 1 is 1.50 bits per heavy atom. The van der Waals surface area contributed by atoms with Gasteiger partial charge in [0.2, 0.25) is 0 Å². The van der Waals surface area contributed by atoms with Gasteiger partial charge in [0.1, 0.15) is 12.0 Å². The highest BCUT2D eigenvalue weighted by Crippen LogP contribution is 2.30. The smallest absolute Gasteiger partial charge is 0.157 e. The second-order valence-corrected chi connectivity index (χ2v) is 4.29. The molecule has 0 saturated carbocycles. The van der Waals surface area contributed by atoms with Crippen molar-refractivity contribution in [3.05, 3.63) is 11.5 Å². The third kappa shape index (κ3) is 2.05. The van der Waals surface area contributed by atoms with E-state index in [0.29, 0.717) is 11.5 Å². The summed E-state index contributed by atoms with van der Waals surface area (Å²) in [4.78, 5) is 10.0. The van der Waals surface area contributed by atoms with E-state index in [1.165, 1.54) is 6.33 Å². The maximum absolute atomic E-state index is 9.32. The quantitative estimate of drug-likeness (QED) is 0.759. The first-order valence-electron chi connectivity index (χ1n) is 5.37. The molecule has 0 spiro atoms. The average Bonchev–Trinajstić information content (AvgIpc) is 2.33. The molecule has 1 saturated heterocycles. The minimum atomic E-state index is 0.0852. The van der Waals surface area contributed by atoms with Gasteiger partial charge in [0.25, 0.3) is 0 Å². The van der Waals surface area contributed by atoms with E-state index < -0.39 is 0 Å². The summed E-state index contributed by atoms with van der Waals surface area (Å²) < 4.78 is 0. The Labute approximate surface area is 99.3 Å². The van der Waals surface area contributed by atoms with Crippen molar-refractivity contribution in [3.63, 3.8) is 0 Å². The Hall–Kier alpha value is -1.07. The van der Waals surface area contributed by atoms with Crippen LogP contribution in [0.25, 0.3) is 0 Å². The summed E-state index contributed by atoms with van der Waals surface area (Å²) in [6.45, 7) is 0.962. The molecule has 3 N–H and O–H groups in total. The molecule has 1 aromatic heterocycles. The first-order valence-corrected chi connectivity index (χ1v) is 5.75. The molecule has 1 unspecified atom stereocenters. The van der Waals surface area contributed by atoms with Crippen molar-refractivity contribution in [2.24, 2.45) is 0 Å². The van der Waals surface area contributed by atoms with E-state index in [4.69, 9.17) is 17.3 Å². The maximum atomic E-state index is 9.32. The Balaban J connectivity index is 2.30. The van der Waals surface area contributed by atoms with Crippen LogP contribution in [0, 0.1) is 0 Å². The molecule has 1 fully saturated rings. The van der Waals surface area contributed by atoms with Crippen LogP contribution in [-0.4, -0.2) is 34.3 Å². The third-order valence-electron chi connectivity index (χ3n) is 2.92. The zero-order chi connectivity index (χ0) is 11.5. The Morgan fingerprint density at radius 2 is 2.31 bits per heavy atom. The molecule has 0 radical (unpaired) electrons. The number of halogens is 1. The predicted octanol–water partition coefficient (Wildman–Crippen LogP) is 1.06. The van der Waals surface area contributed by atoms with Crippen LogP contribution in [0.4, 0.5) is 11.5 Å². The van der Waals surface area contributed by atoms with Crippen LogP contribution in [-0.2, 0) is 0 Å². The molecular weight excluding hydrogens is 228 g/mol. The zero-order valence-electron chi connectivity index (χ0n) is 8.93. The minimum Gasteiger partial charge on any atom is -0.394 e. The van der Waals surface area contributed by atoms with Crippen molar-refractivity contribution in [3.8, 4) is 0 Å². The second-order valence-electron chi connectivity index (χ2n) is 3.93. The van der Waals surface area contributed by atoms with Gasteiger partial charge in [-0.25, -0.2) is 9.97 Å². The first kappa shape index (κ1) is 11.4. The van der Waals surface area contributed by atoms with Crippen molar-refractivity contribution in [2.75, 3.05) is 23.8 Å². The van der Waals surface area contributed by atoms with Crippen molar-refractivity contribution in [2.45, 2.75) is 25.3 Å². The molecule has 0 amide bonds. The fourth-order valence-electron chi connectivity index (χ4n) is 2.06. The van der Waals surface area contributed by atoms with Gasteiger partial charge in [-0.05, 0) is 19.3 Å². The van der Waals surface area contributed by atoms with Crippen LogP contribution in [0.3, 0.4) is 0 Å². The zero-order valence-corrected chi connectivity index (χ0v) is 9.69. The van der Waals surface area contributed by atoms with Gasteiger partial charge in [-0.3, -0.25) is 0 Å². The van der Waals surface area contributed by atoms with Gasteiger partial charge in [0, 0.05) is 6.54 Å². The van der Waals surface area contributed by atoms with Crippen LogP contribution < -0.4 is 10.6 Å². The Kier molecular flexibility index (Phi) is 3.46. The average molecular weight is 243 g/mol. The van der Waals surface area contributed by atoms with Gasteiger partial charge in [-0.2, -0.15) is 0 Å². The molecule has 0 aromatic carbocycles. The number of nitrogen functional groups attached to an aromatic ring is 1. The lowest BCUT2D eigenvalue weighted by Gasteiger charge is -2.36. The lowest BCUT2D eigenvalue weighted by molar-refractivity contribution is 0.239. The van der Waals surface area contributed by atoms with E-state index in [1.807, 2.05) is 4.90 Å². The molecule has 0 bridgehead atoms. The predicted molar refractivity (Wildman–Crippen MR) is 63.5 cm³/mol. The molecule has 1 atom stereocenters. The lowest BCUT2D eigenvalue weighted by atomic mass is 10.0. The standard InChI is InChI=1S/C10H15ClN4O/c11-9-8(12)10(14-6-13-9)15-4-2-1-3-7(15)5-16/h6-7,16H,1-5,12H2. The van der Waals surface area contributed by atoms with E-state index >= 15 is 0 Å². The van der Waals surface area contributed by atoms with E-state index in [-0.39, 0.29) is 17.8 Å². The molecule has 2 heterocycles. The first-order chi connectivity index (χ1) is 7.74. The van der Waals surface area contributed by atoms with Gasteiger partial charge in [0.05, 0.1) is 12.6 Å². The van der Waals surface area contributed by atoms with Crippen molar-refractivity contribution < 1.29 is 5.11 Å². The van der Waals surface area contributed by atoms with E-state index in [1.54, 1.807) is 0 Å². The molecule has 1 aliphatic rings.